The van der Waals surface area contributed by atoms with Gasteiger partial charge in [-0.3, -0.25) is 0 Å². The van der Waals surface area contributed by atoms with Crippen molar-refractivity contribution in [1.82, 2.24) is 0 Å². The lowest BCUT2D eigenvalue weighted by atomic mass is 9.82. The van der Waals surface area contributed by atoms with Gasteiger partial charge in [-0.25, -0.2) is 0 Å². The van der Waals surface area contributed by atoms with Crippen LogP contribution in [0.1, 0.15) is 44.4 Å². The molecule has 0 bridgehead atoms. The lowest BCUT2D eigenvalue weighted by molar-refractivity contribution is 0.660. The van der Waals surface area contributed by atoms with Crippen LogP contribution < -0.4 is 4.90 Å². The minimum absolute atomic E-state index is 0.0110. The second-order valence-corrected chi connectivity index (χ2v) is 11.0. The normalized spacial score (nSPS) is 14.0. The highest BCUT2D eigenvalue weighted by Gasteiger charge is 2.35. The summed E-state index contributed by atoms with van der Waals surface area (Å²) in [7, 11) is 0. The van der Waals surface area contributed by atoms with E-state index in [0.717, 1.165) is 17.1 Å². The van der Waals surface area contributed by atoms with E-state index in [-0.39, 0.29) is 5.41 Å². The third kappa shape index (κ3) is 4.58. The van der Waals surface area contributed by atoms with Gasteiger partial charge >= 0.3 is 0 Å². The summed E-state index contributed by atoms with van der Waals surface area (Å²) in [5, 5.41) is 0. The average molecular weight is 518 g/mol. The number of nitrogens with zero attached hydrogens (tertiary/aromatic N) is 1. The molecule has 1 heteroatoms. The summed E-state index contributed by atoms with van der Waals surface area (Å²) in [5.41, 5.74) is 13.8. The van der Waals surface area contributed by atoms with Gasteiger partial charge in [0.15, 0.2) is 0 Å². The molecule has 0 spiro atoms. The molecule has 0 amide bonds. The minimum Gasteiger partial charge on any atom is -0.314 e. The van der Waals surface area contributed by atoms with Crippen LogP contribution in [0.2, 0.25) is 0 Å². The first kappa shape index (κ1) is 25.6. The molecule has 5 aromatic carbocycles. The Morgan fingerprint density at radius 1 is 0.600 bits per heavy atom. The Morgan fingerprint density at radius 2 is 1.18 bits per heavy atom. The van der Waals surface area contributed by atoms with Crippen molar-refractivity contribution < 1.29 is 0 Å². The quantitative estimate of drug-likeness (QED) is 0.202. The SMILES string of the molecule is CC=C(C=C(C)N(c1ccc(-c2ccccc2)cc1)c1ccc2c(c1)-c1ccccc1C2(C)C)c1ccccc1. The molecule has 0 fully saturated rings. The van der Waals surface area contributed by atoms with E-state index >= 15 is 0 Å². The van der Waals surface area contributed by atoms with E-state index in [1.807, 2.05) is 0 Å². The van der Waals surface area contributed by atoms with Gasteiger partial charge in [-0.05, 0) is 88.7 Å². The molecule has 0 saturated carbocycles. The fourth-order valence-electron chi connectivity index (χ4n) is 6.09. The van der Waals surface area contributed by atoms with Crippen molar-refractivity contribution in [3.8, 4) is 22.3 Å². The molecule has 0 aromatic heterocycles. The number of allylic oxidation sites excluding steroid dienone is 4. The summed E-state index contributed by atoms with van der Waals surface area (Å²) >= 11 is 0. The second kappa shape index (κ2) is 10.5. The minimum atomic E-state index is -0.0110. The highest BCUT2D eigenvalue weighted by Crippen LogP contribution is 2.50. The zero-order chi connectivity index (χ0) is 27.7. The Balaban J connectivity index is 1.48. The predicted octanol–water partition coefficient (Wildman–Crippen LogP) is 10.8. The zero-order valence-electron chi connectivity index (χ0n) is 23.7. The first-order valence-corrected chi connectivity index (χ1v) is 14.1. The number of anilines is 2. The summed E-state index contributed by atoms with van der Waals surface area (Å²) in [4.78, 5) is 2.38. The van der Waals surface area contributed by atoms with Crippen LogP contribution in [0.5, 0.6) is 0 Å². The maximum Gasteiger partial charge on any atom is 0.0464 e. The van der Waals surface area contributed by atoms with Crippen molar-refractivity contribution in [2.75, 3.05) is 4.90 Å². The van der Waals surface area contributed by atoms with E-state index in [4.69, 9.17) is 0 Å². The highest BCUT2D eigenvalue weighted by atomic mass is 15.1. The van der Waals surface area contributed by atoms with Crippen LogP contribution in [0.4, 0.5) is 11.4 Å². The van der Waals surface area contributed by atoms with E-state index < -0.39 is 0 Å². The molecule has 40 heavy (non-hydrogen) atoms. The molecule has 0 heterocycles. The van der Waals surface area contributed by atoms with Crippen molar-refractivity contribution in [2.24, 2.45) is 0 Å². The molecular weight excluding hydrogens is 482 g/mol. The molecule has 0 unspecified atom stereocenters. The van der Waals surface area contributed by atoms with Crippen molar-refractivity contribution in [3.63, 3.8) is 0 Å². The van der Waals surface area contributed by atoms with E-state index in [2.05, 4.69) is 172 Å². The number of benzene rings is 5. The van der Waals surface area contributed by atoms with Crippen LogP contribution in [0, 0.1) is 0 Å². The molecule has 6 rings (SSSR count). The summed E-state index contributed by atoms with van der Waals surface area (Å²) in [6.07, 6.45) is 4.49. The molecule has 1 aliphatic carbocycles. The predicted molar refractivity (Wildman–Crippen MR) is 172 cm³/mol. The summed E-state index contributed by atoms with van der Waals surface area (Å²) in [5.74, 6) is 0. The van der Waals surface area contributed by atoms with Gasteiger partial charge in [0, 0.05) is 22.5 Å². The van der Waals surface area contributed by atoms with Crippen molar-refractivity contribution in [2.45, 2.75) is 33.1 Å². The summed E-state index contributed by atoms with van der Waals surface area (Å²) in [6, 6.07) is 46.0. The Labute approximate surface area is 238 Å². The molecule has 1 aliphatic rings. The molecule has 196 valence electrons. The molecule has 0 radical (unpaired) electrons. The largest absolute Gasteiger partial charge is 0.314 e. The Kier molecular flexibility index (Phi) is 6.74. The average Bonchev–Trinajstić information content (AvgIpc) is 3.23. The van der Waals surface area contributed by atoms with Crippen LogP contribution in [0.3, 0.4) is 0 Å². The fourth-order valence-corrected chi connectivity index (χ4v) is 6.09. The fraction of sp³-hybridized carbons (Fsp3) is 0.128. The van der Waals surface area contributed by atoms with Crippen LogP contribution in [-0.2, 0) is 5.41 Å². The lowest BCUT2D eigenvalue weighted by Crippen LogP contribution is -2.16. The lowest BCUT2D eigenvalue weighted by Gasteiger charge is -2.28. The van der Waals surface area contributed by atoms with Crippen molar-refractivity contribution >= 4 is 16.9 Å². The van der Waals surface area contributed by atoms with Gasteiger partial charge in [0.1, 0.15) is 0 Å². The topological polar surface area (TPSA) is 3.24 Å². The number of hydrogen-bond donors (Lipinski definition) is 0. The van der Waals surface area contributed by atoms with E-state index in [0.29, 0.717) is 0 Å². The van der Waals surface area contributed by atoms with E-state index in [1.54, 1.807) is 0 Å². The van der Waals surface area contributed by atoms with E-state index in [1.165, 1.54) is 44.5 Å². The van der Waals surface area contributed by atoms with Gasteiger partial charge in [-0.1, -0.05) is 123 Å². The Morgan fingerprint density at radius 3 is 1.88 bits per heavy atom. The first-order chi connectivity index (χ1) is 19.5. The monoisotopic (exact) mass is 517 g/mol. The Bertz CT molecular complexity index is 1700. The molecular formula is C39H35N. The zero-order valence-corrected chi connectivity index (χ0v) is 23.7. The maximum atomic E-state index is 2.38. The molecule has 5 aromatic rings. The van der Waals surface area contributed by atoms with Gasteiger partial charge in [-0.2, -0.15) is 0 Å². The molecule has 0 N–H and O–H groups in total. The Hall–Kier alpha value is -4.62. The maximum absolute atomic E-state index is 2.38. The number of fused-ring (bicyclic) bond motifs is 3. The molecule has 1 nitrogen and oxygen atoms in total. The second-order valence-electron chi connectivity index (χ2n) is 11.0. The molecule has 0 atom stereocenters. The standard InChI is InChI=1S/C39H35N/c1-5-29(30-14-8-6-9-15-30)26-28(2)40(33-22-20-32(21-23-33)31-16-10-7-11-17-31)34-24-25-38-36(27-34)35-18-12-13-19-37(35)39(38,3)4/h5-27H,1-4H3. The van der Waals surface area contributed by atoms with Crippen LogP contribution in [0.15, 0.2) is 145 Å². The smallest absolute Gasteiger partial charge is 0.0464 e. The molecule has 0 aliphatic heterocycles. The van der Waals surface area contributed by atoms with Crippen molar-refractivity contribution in [3.05, 3.63) is 162 Å². The van der Waals surface area contributed by atoms with Gasteiger partial charge < -0.3 is 4.90 Å². The van der Waals surface area contributed by atoms with Gasteiger partial charge in [0.25, 0.3) is 0 Å². The number of hydrogen-bond acceptors (Lipinski definition) is 1. The van der Waals surface area contributed by atoms with Crippen LogP contribution >= 0.6 is 0 Å². The summed E-state index contributed by atoms with van der Waals surface area (Å²) in [6.45, 7) is 8.99. The van der Waals surface area contributed by atoms with E-state index in [9.17, 15) is 0 Å². The molecule has 0 saturated heterocycles. The van der Waals surface area contributed by atoms with Gasteiger partial charge in [0.2, 0.25) is 0 Å². The first-order valence-electron chi connectivity index (χ1n) is 14.1. The highest BCUT2D eigenvalue weighted by molar-refractivity contribution is 5.86. The number of rotatable bonds is 6. The van der Waals surface area contributed by atoms with Crippen LogP contribution in [0.25, 0.3) is 27.8 Å². The third-order valence-corrected chi connectivity index (χ3v) is 8.19. The summed E-state index contributed by atoms with van der Waals surface area (Å²) < 4.78 is 0. The van der Waals surface area contributed by atoms with Crippen LogP contribution in [-0.4, -0.2) is 0 Å². The third-order valence-electron chi connectivity index (χ3n) is 8.19. The van der Waals surface area contributed by atoms with Gasteiger partial charge in [0.05, 0.1) is 0 Å². The van der Waals surface area contributed by atoms with Gasteiger partial charge in [-0.15, -0.1) is 0 Å². The van der Waals surface area contributed by atoms with Crippen molar-refractivity contribution in [1.29, 1.82) is 0 Å².